The van der Waals surface area contributed by atoms with Crippen LogP contribution in [-0.2, 0) is 11.2 Å². The van der Waals surface area contributed by atoms with E-state index in [9.17, 15) is 9.18 Å². The molecule has 2 aromatic carbocycles. The van der Waals surface area contributed by atoms with E-state index in [1.165, 1.54) is 12.1 Å². The number of amides is 1. The second kappa shape index (κ2) is 7.47. The van der Waals surface area contributed by atoms with Gasteiger partial charge in [0.25, 0.3) is 0 Å². The molecule has 0 aromatic heterocycles. The van der Waals surface area contributed by atoms with Crippen molar-refractivity contribution in [2.45, 2.75) is 26.3 Å². The zero-order valence-corrected chi connectivity index (χ0v) is 14.1. The Morgan fingerprint density at radius 1 is 1.35 bits per heavy atom. The standard InChI is InChI=1S/C18H19ClFNO2/c1-11-7-8-17(23-3)13(9-11)12(2)21-18(22)10-14-15(19)5-4-6-16(14)20/h4-9,12H,10H2,1-3H3,(H,21,22)/t12-/m1/s1. The van der Waals surface area contributed by atoms with Crippen LogP contribution in [0.2, 0.25) is 5.02 Å². The second-order valence-electron chi connectivity index (χ2n) is 5.41. The van der Waals surface area contributed by atoms with Gasteiger partial charge < -0.3 is 10.1 Å². The molecule has 0 spiro atoms. The average Bonchev–Trinajstić information content (AvgIpc) is 2.51. The molecule has 1 amide bonds. The van der Waals surface area contributed by atoms with Gasteiger partial charge in [0.05, 0.1) is 19.6 Å². The molecule has 23 heavy (non-hydrogen) atoms. The third kappa shape index (κ3) is 4.23. The van der Waals surface area contributed by atoms with Crippen LogP contribution < -0.4 is 10.1 Å². The van der Waals surface area contributed by atoms with Gasteiger partial charge in [-0.15, -0.1) is 0 Å². The van der Waals surface area contributed by atoms with Gasteiger partial charge in [0.1, 0.15) is 11.6 Å². The van der Waals surface area contributed by atoms with Crippen LogP contribution in [-0.4, -0.2) is 13.0 Å². The van der Waals surface area contributed by atoms with Crippen LogP contribution in [0.25, 0.3) is 0 Å². The fourth-order valence-corrected chi connectivity index (χ4v) is 2.65. The maximum atomic E-state index is 13.8. The number of halogens is 2. The number of carbonyl (C=O) groups is 1. The minimum Gasteiger partial charge on any atom is -0.496 e. The van der Waals surface area contributed by atoms with E-state index in [4.69, 9.17) is 16.3 Å². The molecular formula is C18H19ClFNO2. The Balaban J connectivity index is 2.13. The van der Waals surface area contributed by atoms with Crippen molar-refractivity contribution < 1.29 is 13.9 Å². The molecule has 0 aliphatic carbocycles. The first kappa shape index (κ1) is 17.3. The van der Waals surface area contributed by atoms with E-state index < -0.39 is 5.82 Å². The molecular weight excluding hydrogens is 317 g/mol. The van der Waals surface area contributed by atoms with Gasteiger partial charge in [-0.2, -0.15) is 0 Å². The van der Waals surface area contributed by atoms with Crippen LogP contribution in [0.1, 0.15) is 29.7 Å². The fraction of sp³-hybridized carbons (Fsp3) is 0.278. The van der Waals surface area contributed by atoms with Crippen molar-refractivity contribution in [3.05, 3.63) is 63.9 Å². The minimum absolute atomic E-state index is 0.107. The lowest BCUT2D eigenvalue weighted by atomic mass is 10.0. The normalized spacial score (nSPS) is 11.9. The molecule has 0 aliphatic rings. The molecule has 0 saturated carbocycles. The van der Waals surface area contributed by atoms with Crippen molar-refractivity contribution in [1.29, 1.82) is 0 Å². The second-order valence-corrected chi connectivity index (χ2v) is 5.82. The van der Waals surface area contributed by atoms with Crippen molar-refractivity contribution in [3.63, 3.8) is 0 Å². The predicted molar refractivity (Wildman–Crippen MR) is 89.4 cm³/mol. The first-order chi connectivity index (χ1) is 10.9. The third-order valence-corrected chi connectivity index (χ3v) is 3.98. The largest absolute Gasteiger partial charge is 0.496 e. The fourth-order valence-electron chi connectivity index (χ4n) is 2.42. The minimum atomic E-state index is -0.478. The van der Waals surface area contributed by atoms with Gasteiger partial charge >= 0.3 is 0 Å². The van der Waals surface area contributed by atoms with Crippen molar-refractivity contribution in [1.82, 2.24) is 5.32 Å². The van der Waals surface area contributed by atoms with Crippen LogP contribution in [0, 0.1) is 12.7 Å². The smallest absolute Gasteiger partial charge is 0.225 e. The molecule has 0 unspecified atom stereocenters. The number of carbonyl (C=O) groups excluding carboxylic acids is 1. The molecule has 0 saturated heterocycles. The van der Waals surface area contributed by atoms with E-state index in [2.05, 4.69) is 5.32 Å². The van der Waals surface area contributed by atoms with E-state index in [-0.39, 0.29) is 29.0 Å². The average molecular weight is 336 g/mol. The zero-order valence-electron chi connectivity index (χ0n) is 13.3. The molecule has 3 nitrogen and oxygen atoms in total. The number of nitrogens with one attached hydrogen (secondary N) is 1. The van der Waals surface area contributed by atoms with Gasteiger partial charge in [-0.25, -0.2) is 4.39 Å². The third-order valence-electron chi connectivity index (χ3n) is 3.63. The molecule has 5 heteroatoms. The van der Waals surface area contributed by atoms with E-state index in [1.54, 1.807) is 13.2 Å². The Bertz CT molecular complexity index is 698. The van der Waals surface area contributed by atoms with Crippen LogP contribution in [0.3, 0.4) is 0 Å². The van der Waals surface area contributed by atoms with Gasteiger partial charge in [-0.05, 0) is 32.0 Å². The Labute approximate surface area is 140 Å². The molecule has 122 valence electrons. The van der Waals surface area contributed by atoms with Gasteiger partial charge in [-0.1, -0.05) is 35.4 Å². The Kier molecular flexibility index (Phi) is 5.61. The molecule has 2 rings (SSSR count). The summed E-state index contributed by atoms with van der Waals surface area (Å²) in [5.74, 6) is -0.0752. The van der Waals surface area contributed by atoms with E-state index in [1.807, 2.05) is 32.0 Å². The summed E-state index contributed by atoms with van der Waals surface area (Å²) in [4.78, 5) is 12.2. The van der Waals surface area contributed by atoms with Crippen molar-refractivity contribution in [3.8, 4) is 5.75 Å². The number of ether oxygens (including phenoxy) is 1. The van der Waals surface area contributed by atoms with Gasteiger partial charge in [0, 0.05) is 16.1 Å². The summed E-state index contributed by atoms with van der Waals surface area (Å²) in [7, 11) is 1.59. The lowest BCUT2D eigenvalue weighted by Gasteiger charge is -2.18. The Hall–Kier alpha value is -2.07. The summed E-state index contributed by atoms with van der Waals surface area (Å²) in [6.45, 7) is 3.83. The lowest BCUT2D eigenvalue weighted by molar-refractivity contribution is -0.121. The van der Waals surface area contributed by atoms with Crippen LogP contribution in [0.4, 0.5) is 4.39 Å². The zero-order chi connectivity index (χ0) is 17.0. The number of rotatable bonds is 5. The molecule has 0 aliphatic heterocycles. The van der Waals surface area contributed by atoms with Gasteiger partial charge in [-0.3, -0.25) is 4.79 Å². The molecule has 0 heterocycles. The number of hydrogen-bond donors (Lipinski definition) is 1. The highest BCUT2D eigenvalue weighted by molar-refractivity contribution is 6.31. The van der Waals surface area contributed by atoms with Crippen molar-refractivity contribution in [2.24, 2.45) is 0 Å². The summed E-state index contributed by atoms with van der Waals surface area (Å²) in [6, 6.07) is 9.88. The van der Waals surface area contributed by atoms with Crippen LogP contribution in [0.15, 0.2) is 36.4 Å². The monoisotopic (exact) mass is 335 g/mol. The molecule has 0 radical (unpaired) electrons. The van der Waals surface area contributed by atoms with Crippen molar-refractivity contribution in [2.75, 3.05) is 7.11 Å². The Morgan fingerprint density at radius 3 is 2.74 bits per heavy atom. The highest BCUT2D eigenvalue weighted by Gasteiger charge is 2.17. The molecule has 1 atom stereocenters. The summed E-state index contributed by atoms with van der Waals surface area (Å²) in [6.07, 6.45) is -0.107. The van der Waals surface area contributed by atoms with Gasteiger partial charge in [0.2, 0.25) is 5.91 Å². The Morgan fingerprint density at radius 2 is 2.09 bits per heavy atom. The number of aryl methyl sites for hydroxylation is 1. The molecule has 0 fully saturated rings. The summed E-state index contributed by atoms with van der Waals surface area (Å²) >= 11 is 5.96. The van der Waals surface area contributed by atoms with Crippen LogP contribution >= 0.6 is 11.6 Å². The molecule has 1 N–H and O–H groups in total. The number of methoxy groups -OCH3 is 1. The summed E-state index contributed by atoms with van der Waals surface area (Å²) in [5, 5.41) is 3.11. The highest BCUT2D eigenvalue weighted by atomic mass is 35.5. The SMILES string of the molecule is COc1ccc(C)cc1[C@@H](C)NC(=O)Cc1c(F)cccc1Cl. The first-order valence-corrected chi connectivity index (χ1v) is 7.67. The van der Waals surface area contributed by atoms with E-state index in [0.29, 0.717) is 5.75 Å². The van der Waals surface area contributed by atoms with E-state index >= 15 is 0 Å². The molecule has 2 aromatic rings. The topological polar surface area (TPSA) is 38.3 Å². The number of hydrogen-bond acceptors (Lipinski definition) is 2. The lowest BCUT2D eigenvalue weighted by Crippen LogP contribution is -2.28. The maximum Gasteiger partial charge on any atom is 0.225 e. The molecule has 0 bridgehead atoms. The van der Waals surface area contributed by atoms with Gasteiger partial charge in [0.15, 0.2) is 0 Å². The van der Waals surface area contributed by atoms with Crippen molar-refractivity contribution >= 4 is 17.5 Å². The predicted octanol–water partition coefficient (Wildman–Crippen LogP) is 4.22. The quantitative estimate of drug-likeness (QED) is 0.888. The van der Waals surface area contributed by atoms with E-state index in [0.717, 1.165) is 11.1 Å². The summed E-state index contributed by atoms with van der Waals surface area (Å²) in [5.41, 5.74) is 2.15. The summed E-state index contributed by atoms with van der Waals surface area (Å²) < 4.78 is 19.1. The van der Waals surface area contributed by atoms with Crippen LogP contribution in [0.5, 0.6) is 5.75 Å². The first-order valence-electron chi connectivity index (χ1n) is 7.29. The maximum absolute atomic E-state index is 13.8. The number of benzene rings is 2. The highest BCUT2D eigenvalue weighted by Crippen LogP contribution is 2.26.